The van der Waals surface area contributed by atoms with Crippen molar-refractivity contribution < 1.29 is 19.4 Å². The molecule has 2 aromatic rings. The largest absolute Gasteiger partial charge is 0.490 e. The number of carboxylic acids is 1. The third-order valence-electron chi connectivity index (χ3n) is 2.67. The van der Waals surface area contributed by atoms with Crippen molar-refractivity contribution in [2.45, 2.75) is 13.3 Å². The first-order valence-corrected chi connectivity index (χ1v) is 7.81. The van der Waals surface area contributed by atoms with E-state index in [0.717, 1.165) is 5.75 Å². The number of rotatable bonds is 9. The highest BCUT2D eigenvalue weighted by Crippen LogP contribution is 2.26. The lowest BCUT2D eigenvalue weighted by molar-refractivity contribution is -0.136. The number of ether oxygens (including phenoxy) is 2. The molecule has 22 heavy (non-hydrogen) atoms. The Balaban J connectivity index is 1.77. The number of aliphatic carboxylic acids is 1. The highest BCUT2D eigenvalue weighted by molar-refractivity contribution is 7.13. The van der Waals surface area contributed by atoms with Gasteiger partial charge in [0.05, 0.1) is 25.3 Å². The van der Waals surface area contributed by atoms with Crippen molar-refractivity contribution in [2.24, 2.45) is 0 Å². The van der Waals surface area contributed by atoms with Crippen molar-refractivity contribution >= 4 is 22.4 Å². The van der Waals surface area contributed by atoms with Crippen LogP contribution in [0.3, 0.4) is 0 Å². The monoisotopic (exact) mass is 322 g/mol. The molecule has 0 amide bonds. The molecule has 0 fully saturated rings. The van der Waals surface area contributed by atoms with Gasteiger partial charge in [-0.15, -0.1) is 11.3 Å². The van der Waals surface area contributed by atoms with Crippen molar-refractivity contribution in [2.75, 3.05) is 25.1 Å². The minimum absolute atomic E-state index is 0.0591. The maximum absolute atomic E-state index is 10.6. The van der Waals surface area contributed by atoms with E-state index in [1.54, 1.807) is 5.38 Å². The van der Waals surface area contributed by atoms with Crippen LogP contribution in [0.2, 0.25) is 0 Å². The second kappa shape index (κ2) is 8.23. The van der Waals surface area contributed by atoms with Gasteiger partial charge in [0.25, 0.3) is 0 Å². The molecule has 1 aromatic heterocycles. The molecule has 0 atom stereocenters. The predicted molar refractivity (Wildman–Crippen MR) is 85.0 cm³/mol. The fourth-order valence-corrected chi connectivity index (χ4v) is 2.53. The number of aromatic nitrogens is 1. The minimum Gasteiger partial charge on any atom is -0.490 e. The number of nitrogens with zero attached hydrogens (tertiary/aromatic N) is 1. The van der Waals surface area contributed by atoms with Gasteiger partial charge in [-0.2, -0.15) is 0 Å². The Morgan fingerprint density at radius 1 is 1.32 bits per heavy atom. The molecule has 0 spiro atoms. The van der Waals surface area contributed by atoms with Crippen LogP contribution in [0.4, 0.5) is 5.13 Å². The second-order valence-corrected chi connectivity index (χ2v) is 5.23. The molecule has 0 saturated heterocycles. The average Bonchev–Trinajstić information content (AvgIpc) is 2.92. The first-order valence-electron chi connectivity index (χ1n) is 6.93. The van der Waals surface area contributed by atoms with Gasteiger partial charge in [0.1, 0.15) is 6.61 Å². The first-order chi connectivity index (χ1) is 10.7. The van der Waals surface area contributed by atoms with Crippen LogP contribution in [0.1, 0.15) is 12.6 Å². The summed E-state index contributed by atoms with van der Waals surface area (Å²) in [6, 6.07) is 7.52. The van der Waals surface area contributed by atoms with Crippen LogP contribution in [0.15, 0.2) is 29.6 Å². The highest BCUT2D eigenvalue weighted by Gasteiger charge is 2.06. The molecule has 0 unspecified atom stereocenters. The van der Waals surface area contributed by atoms with Crippen LogP contribution in [0, 0.1) is 0 Å². The van der Waals surface area contributed by atoms with E-state index in [1.807, 2.05) is 31.2 Å². The van der Waals surface area contributed by atoms with Gasteiger partial charge in [-0.3, -0.25) is 4.79 Å². The number of carboxylic acid groups (broad SMARTS) is 1. The third kappa shape index (κ3) is 4.92. The van der Waals surface area contributed by atoms with Crippen LogP contribution < -0.4 is 14.8 Å². The van der Waals surface area contributed by atoms with E-state index in [0.29, 0.717) is 36.3 Å². The summed E-state index contributed by atoms with van der Waals surface area (Å²) in [6.45, 7) is 3.54. The van der Waals surface area contributed by atoms with Crippen LogP contribution >= 0.6 is 11.3 Å². The molecule has 2 rings (SSSR count). The minimum atomic E-state index is -0.882. The Morgan fingerprint density at radius 2 is 2.05 bits per heavy atom. The second-order valence-electron chi connectivity index (χ2n) is 4.37. The average molecular weight is 322 g/mol. The molecule has 1 aromatic carbocycles. The lowest BCUT2D eigenvalue weighted by Gasteiger charge is -2.11. The quantitative estimate of drug-likeness (QED) is 0.691. The number of benzene rings is 1. The van der Waals surface area contributed by atoms with E-state index in [1.165, 1.54) is 11.3 Å². The molecule has 0 aliphatic carbocycles. The Kier molecular flexibility index (Phi) is 6.02. The summed E-state index contributed by atoms with van der Waals surface area (Å²) in [5.74, 6) is 0.549. The van der Waals surface area contributed by atoms with E-state index in [2.05, 4.69) is 10.3 Å². The summed E-state index contributed by atoms with van der Waals surface area (Å²) in [5, 5.41) is 14.2. The number of anilines is 1. The van der Waals surface area contributed by atoms with Crippen LogP contribution in [0.5, 0.6) is 11.5 Å². The van der Waals surface area contributed by atoms with Gasteiger partial charge in [-0.1, -0.05) is 12.1 Å². The maximum Gasteiger partial charge on any atom is 0.309 e. The summed E-state index contributed by atoms with van der Waals surface area (Å²) < 4.78 is 11.2. The molecular weight excluding hydrogens is 304 g/mol. The van der Waals surface area contributed by atoms with E-state index in [-0.39, 0.29) is 6.42 Å². The normalized spacial score (nSPS) is 10.2. The number of hydrogen-bond donors (Lipinski definition) is 2. The molecule has 0 bridgehead atoms. The van der Waals surface area contributed by atoms with Crippen LogP contribution in [-0.4, -0.2) is 35.8 Å². The Labute approximate surface area is 132 Å². The van der Waals surface area contributed by atoms with Gasteiger partial charge in [0, 0.05) is 5.38 Å². The van der Waals surface area contributed by atoms with Gasteiger partial charge in [-0.25, -0.2) is 4.98 Å². The van der Waals surface area contributed by atoms with Gasteiger partial charge >= 0.3 is 5.97 Å². The molecule has 1 heterocycles. The van der Waals surface area contributed by atoms with Crippen LogP contribution in [0.25, 0.3) is 0 Å². The molecule has 0 aliphatic rings. The lowest BCUT2D eigenvalue weighted by Crippen LogP contribution is -2.12. The summed E-state index contributed by atoms with van der Waals surface area (Å²) in [4.78, 5) is 14.8. The maximum atomic E-state index is 10.6. The lowest BCUT2D eigenvalue weighted by atomic mass is 10.3. The number of para-hydroxylation sites is 2. The molecule has 0 saturated carbocycles. The fraction of sp³-hybridized carbons (Fsp3) is 0.333. The summed E-state index contributed by atoms with van der Waals surface area (Å²) in [7, 11) is 0. The Morgan fingerprint density at radius 3 is 2.73 bits per heavy atom. The van der Waals surface area contributed by atoms with Crippen molar-refractivity contribution in [3.05, 3.63) is 35.3 Å². The van der Waals surface area contributed by atoms with Gasteiger partial charge < -0.3 is 19.9 Å². The van der Waals surface area contributed by atoms with E-state index < -0.39 is 5.97 Å². The summed E-state index contributed by atoms with van der Waals surface area (Å²) in [5.41, 5.74) is 0.558. The topological polar surface area (TPSA) is 80.7 Å². The number of carbonyl (C=O) groups is 1. The van der Waals surface area contributed by atoms with Gasteiger partial charge in [0.2, 0.25) is 0 Å². The SMILES string of the molecule is CCOc1ccccc1OCCNc1nc(CC(=O)O)cs1. The Hall–Kier alpha value is -2.28. The molecule has 0 aliphatic heterocycles. The van der Waals surface area contributed by atoms with Gasteiger partial charge in [-0.05, 0) is 19.1 Å². The third-order valence-corrected chi connectivity index (χ3v) is 3.52. The number of nitrogens with one attached hydrogen (secondary N) is 1. The predicted octanol–water partition coefficient (Wildman–Crippen LogP) is 2.66. The van der Waals surface area contributed by atoms with E-state index >= 15 is 0 Å². The molecule has 6 nitrogen and oxygen atoms in total. The van der Waals surface area contributed by atoms with Crippen molar-refractivity contribution in [3.8, 4) is 11.5 Å². The molecular formula is C15H18N2O4S. The smallest absolute Gasteiger partial charge is 0.309 e. The number of hydrogen-bond acceptors (Lipinski definition) is 6. The van der Waals surface area contributed by atoms with Crippen LogP contribution in [-0.2, 0) is 11.2 Å². The standard InChI is InChI=1S/C15H18N2O4S/c1-2-20-12-5-3-4-6-13(12)21-8-7-16-15-17-11(10-22-15)9-14(18)19/h3-6,10H,2,7-9H2,1H3,(H,16,17)(H,18,19). The highest BCUT2D eigenvalue weighted by atomic mass is 32.1. The zero-order valence-corrected chi connectivity index (χ0v) is 13.1. The van der Waals surface area contributed by atoms with Crippen molar-refractivity contribution in [3.63, 3.8) is 0 Å². The molecule has 7 heteroatoms. The molecule has 0 radical (unpaired) electrons. The summed E-state index contributed by atoms with van der Waals surface area (Å²) in [6.07, 6.45) is -0.0591. The van der Waals surface area contributed by atoms with Crippen molar-refractivity contribution in [1.82, 2.24) is 4.98 Å². The van der Waals surface area contributed by atoms with Gasteiger partial charge in [0.15, 0.2) is 16.6 Å². The molecule has 118 valence electrons. The van der Waals surface area contributed by atoms with Crippen molar-refractivity contribution in [1.29, 1.82) is 0 Å². The van der Waals surface area contributed by atoms with E-state index in [4.69, 9.17) is 14.6 Å². The first kappa shape index (κ1) is 16.1. The summed E-state index contributed by atoms with van der Waals surface area (Å²) >= 11 is 1.38. The number of thiazole rings is 1. The zero-order chi connectivity index (χ0) is 15.8. The Bertz CT molecular complexity index is 615. The fourth-order valence-electron chi connectivity index (χ4n) is 1.79. The zero-order valence-electron chi connectivity index (χ0n) is 12.2. The van der Waals surface area contributed by atoms with E-state index in [9.17, 15) is 4.79 Å². The molecule has 2 N–H and O–H groups in total.